The number of pyridine rings is 1. The third-order valence-corrected chi connectivity index (χ3v) is 7.97. The molecule has 0 bridgehead atoms. The SMILES string of the molecule is c1cc(-n2c3ccccc3c3ccccc32)c2oc3ccc(-n4c5ccccc5c5ncccc54)cc3c2c1. The lowest BCUT2D eigenvalue weighted by atomic mass is 10.1. The van der Waals surface area contributed by atoms with Crippen molar-refractivity contribution >= 4 is 65.7 Å². The number of furan rings is 1. The zero-order chi connectivity index (χ0) is 25.5. The minimum Gasteiger partial charge on any atom is -0.454 e. The van der Waals surface area contributed by atoms with Gasteiger partial charge in [-0.05, 0) is 54.6 Å². The number of fused-ring (bicyclic) bond motifs is 9. The zero-order valence-corrected chi connectivity index (χ0v) is 20.9. The number of rotatable bonds is 2. The Hall–Kier alpha value is -5.35. The van der Waals surface area contributed by atoms with Crippen molar-refractivity contribution in [3.8, 4) is 11.4 Å². The fraction of sp³-hybridized carbons (Fsp3) is 0. The van der Waals surface area contributed by atoms with Crippen molar-refractivity contribution < 1.29 is 4.42 Å². The summed E-state index contributed by atoms with van der Waals surface area (Å²) in [7, 11) is 0. The van der Waals surface area contributed by atoms with Gasteiger partial charge in [-0.2, -0.15) is 0 Å². The topological polar surface area (TPSA) is 35.9 Å². The highest BCUT2D eigenvalue weighted by molar-refractivity contribution is 6.13. The van der Waals surface area contributed by atoms with Gasteiger partial charge in [0.25, 0.3) is 0 Å². The van der Waals surface area contributed by atoms with Gasteiger partial charge in [0.2, 0.25) is 0 Å². The molecular weight excluding hydrogens is 478 g/mol. The standard InChI is InChI=1S/C35H21N3O/c1-4-13-28-23(9-1)24-10-2-5-14-29(24)38(28)32-16-7-12-25-27-21-22(18-19-33(27)39-35(25)32)37-30-15-6-3-11-26(30)34-31(37)17-8-20-36-34/h1-21H. The van der Waals surface area contributed by atoms with Gasteiger partial charge in [0.15, 0.2) is 5.58 Å². The second kappa shape index (κ2) is 7.59. The minimum atomic E-state index is 0.876. The summed E-state index contributed by atoms with van der Waals surface area (Å²) in [5.41, 5.74) is 9.49. The molecule has 0 saturated carbocycles. The first-order valence-corrected chi connectivity index (χ1v) is 13.2. The summed E-state index contributed by atoms with van der Waals surface area (Å²) in [6.07, 6.45) is 1.86. The highest BCUT2D eigenvalue weighted by atomic mass is 16.3. The summed E-state index contributed by atoms with van der Waals surface area (Å²) >= 11 is 0. The smallest absolute Gasteiger partial charge is 0.159 e. The van der Waals surface area contributed by atoms with Crippen LogP contribution >= 0.6 is 0 Å². The van der Waals surface area contributed by atoms with Gasteiger partial charge in [-0.1, -0.05) is 66.7 Å². The minimum absolute atomic E-state index is 0.876. The highest BCUT2D eigenvalue weighted by Crippen LogP contribution is 2.39. The van der Waals surface area contributed by atoms with Gasteiger partial charge in [0.1, 0.15) is 5.58 Å². The number of para-hydroxylation sites is 4. The van der Waals surface area contributed by atoms with E-state index in [-0.39, 0.29) is 0 Å². The molecule has 0 aliphatic carbocycles. The Morgan fingerprint density at radius 1 is 0.487 bits per heavy atom. The molecule has 0 aliphatic heterocycles. The van der Waals surface area contributed by atoms with Gasteiger partial charge in [-0.15, -0.1) is 0 Å². The van der Waals surface area contributed by atoms with Crippen LogP contribution in [0, 0.1) is 0 Å². The van der Waals surface area contributed by atoms with Gasteiger partial charge >= 0.3 is 0 Å². The first-order chi connectivity index (χ1) is 19.4. The fourth-order valence-corrected chi connectivity index (χ4v) is 6.33. The Morgan fingerprint density at radius 2 is 1.13 bits per heavy atom. The fourth-order valence-electron chi connectivity index (χ4n) is 6.33. The molecule has 4 nitrogen and oxygen atoms in total. The molecule has 0 spiro atoms. The van der Waals surface area contributed by atoms with E-state index in [2.05, 4.69) is 124 Å². The number of benzene rings is 5. The van der Waals surface area contributed by atoms with Crippen LogP contribution in [0.2, 0.25) is 0 Å². The molecule has 0 amide bonds. The Bertz CT molecular complexity index is 2300. The summed E-state index contributed by atoms with van der Waals surface area (Å²) in [5, 5.41) is 5.83. The predicted octanol–water partition coefficient (Wildman–Crippen LogP) is 9.18. The van der Waals surface area contributed by atoms with Crippen LogP contribution in [0.25, 0.3) is 77.1 Å². The van der Waals surface area contributed by atoms with Gasteiger partial charge in [-0.25, -0.2) is 0 Å². The predicted molar refractivity (Wildman–Crippen MR) is 160 cm³/mol. The van der Waals surface area contributed by atoms with Crippen molar-refractivity contribution in [1.29, 1.82) is 0 Å². The van der Waals surface area contributed by atoms with Crippen molar-refractivity contribution in [1.82, 2.24) is 14.1 Å². The van der Waals surface area contributed by atoms with E-state index < -0.39 is 0 Å². The monoisotopic (exact) mass is 499 g/mol. The number of nitrogens with zero attached hydrogens (tertiary/aromatic N) is 3. The molecule has 0 unspecified atom stereocenters. The molecule has 0 atom stereocenters. The van der Waals surface area contributed by atoms with Crippen LogP contribution in [0.3, 0.4) is 0 Å². The third-order valence-electron chi connectivity index (χ3n) is 7.97. The van der Waals surface area contributed by atoms with E-state index in [0.29, 0.717) is 0 Å². The van der Waals surface area contributed by atoms with Gasteiger partial charge in [0, 0.05) is 38.8 Å². The zero-order valence-electron chi connectivity index (χ0n) is 20.9. The Kier molecular flexibility index (Phi) is 4.02. The van der Waals surface area contributed by atoms with E-state index in [1.54, 1.807) is 0 Å². The molecule has 0 saturated heterocycles. The van der Waals surface area contributed by atoms with Crippen LogP contribution < -0.4 is 0 Å². The largest absolute Gasteiger partial charge is 0.454 e. The molecule has 4 heterocycles. The van der Waals surface area contributed by atoms with Crippen LogP contribution in [0.4, 0.5) is 0 Å². The molecule has 182 valence electrons. The highest BCUT2D eigenvalue weighted by Gasteiger charge is 2.18. The maximum Gasteiger partial charge on any atom is 0.159 e. The van der Waals surface area contributed by atoms with Gasteiger partial charge < -0.3 is 13.6 Å². The van der Waals surface area contributed by atoms with Gasteiger partial charge in [0.05, 0.1) is 33.3 Å². The van der Waals surface area contributed by atoms with E-state index in [0.717, 1.165) is 55.2 Å². The summed E-state index contributed by atoms with van der Waals surface area (Å²) in [6.45, 7) is 0. The molecule has 4 heteroatoms. The molecule has 0 aliphatic rings. The third kappa shape index (κ3) is 2.75. The van der Waals surface area contributed by atoms with Crippen LogP contribution in [-0.4, -0.2) is 14.1 Å². The normalized spacial score (nSPS) is 12.1. The molecule has 9 rings (SSSR count). The number of hydrogen-bond donors (Lipinski definition) is 0. The van der Waals surface area contributed by atoms with E-state index in [4.69, 9.17) is 9.40 Å². The molecule has 0 radical (unpaired) electrons. The Balaban J connectivity index is 1.34. The maximum atomic E-state index is 6.61. The lowest BCUT2D eigenvalue weighted by Crippen LogP contribution is -1.94. The lowest BCUT2D eigenvalue weighted by Gasteiger charge is -2.08. The lowest BCUT2D eigenvalue weighted by molar-refractivity contribution is 0.666. The molecular formula is C35H21N3O. The van der Waals surface area contributed by atoms with E-state index in [9.17, 15) is 0 Å². The average molecular weight is 500 g/mol. The van der Waals surface area contributed by atoms with Crippen molar-refractivity contribution in [3.05, 3.63) is 128 Å². The molecule has 4 aromatic heterocycles. The summed E-state index contributed by atoms with van der Waals surface area (Å²) in [5.74, 6) is 0. The first-order valence-electron chi connectivity index (χ1n) is 13.2. The van der Waals surface area contributed by atoms with Crippen molar-refractivity contribution in [2.24, 2.45) is 0 Å². The van der Waals surface area contributed by atoms with Crippen molar-refractivity contribution in [2.75, 3.05) is 0 Å². The first kappa shape index (κ1) is 20.7. The van der Waals surface area contributed by atoms with Crippen LogP contribution in [0.5, 0.6) is 0 Å². The molecule has 39 heavy (non-hydrogen) atoms. The summed E-state index contributed by atoms with van der Waals surface area (Å²) < 4.78 is 11.2. The van der Waals surface area contributed by atoms with Crippen molar-refractivity contribution in [2.45, 2.75) is 0 Å². The van der Waals surface area contributed by atoms with E-state index in [1.165, 1.54) is 21.8 Å². The molecule has 5 aromatic carbocycles. The van der Waals surface area contributed by atoms with E-state index in [1.807, 2.05) is 12.3 Å². The van der Waals surface area contributed by atoms with Crippen LogP contribution in [-0.2, 0) is 0 Å². The molecule has 0 fully saturated rings. The Morgan fingerprint density at radius 3 is 1.90 bits per heavy atom. The quantitative estimate of drug-likeness (QED) is 0.238. The maximum absolute atomic E-state index is 6.61. The second-order valence-electron chi connectivity index (χ2n) is 10.0. The number of aromatic nitrogens is 3. The van der Waals surface area contributed by atoms with Crippen molar-refractivity contribution in [3.63, 3.8) is 0 Å². The second-order valence-corrected chi connectivity index (χ2v) is 10.0. The van der Waals surface area contributed by atoms with Crippen LogP contribution in [0.15, 0.2) is 132 Å². The molecule has 9 aromatic rings. The van der Waals surface area contributed by atoms with Crippen LogP contribution in [0.1, 0.15) is 0 Å². The van der Waals surface area contributed by atoms with Gasteiger partial charge in [-0.3, -0.25) is 4.98 Å². The summed E-state index contributed by atoms with van der Waals surface area (Å²) in [4.78, 5) is 4.71. The molecule has 0 N–H and O–H groups in total. The number of hydrogen-bond acceptors (Lipinski definition) is 2. The summed E-state index contributed by atoms with van der Waals surface area (Å²) in [6, 6.07) is 42.7. The Labute approximate surface area is 222 Å². The van der Waals surface area contributed by atoms with E-state index >= 15 is 0 Å². The average Bonchev–Trinajstić information content (AvgIpc) is 3.65.